The van der Waals surface area contributed by atoms with Crippen LogP contribution in [0.15, 0.2) is 41.1 Å². The highest BCUT2D eigenvalue weighted by molar-refractivity contribution is 9.10. The monoisotopic (exact) mass is 382 g/mol. The van der Waals surface area contributed by atoms with Crippen molar-refractivity contribution in [3.63, 3.8) is 0 Å². The van der Waals surface area contributed by atoms with Crippen molar-refractivity contribution in [1.29, 1.82) is 0 Å². The first-order valence-corrected chi connectivity index (χ1v) is 8.24. The van der Waals surface area contributed by atoms with Gasteiger partial charge in [0.2, 0.25) is 5.91 Å². The van der Waals surface area contributed by atoms with E-state index in [-0.39, 0.29) is 18.5 Å². The lowest BCUT2D eigenvalue weighted by molar-refractivity contribution is -0.135. The maximum atomic E-state index is 12.6. The van der Waals surface area contributed by atoms with Crippen LogP contribution in [0.5, 0.6) is 0 Å². The fourth-order valence-corrected chi connectivity index (χ4v) is 3.20. The summed E-state index contributed by atoms with van der Waals surface area (Å²) in [6.07, 6.45) is 3.48. The lowest BCUT2D eigenvalue weighted by Crippen LogP contribution is -2.49. The van der Waals surface area contributed by atoms with Gasteiger partial charge in [-0.2, -0.15) is 5.10 Å². The summed E-state index contributed by atoms with van der Waals surface area (Å²) in [6, 6.07) is 7.69. The van der Waals surface area contributed by atoms with Gasteiger partial charge >= 0.3 is 0 Å². The molecule has 22 heavy (non-hydrogen) atoms. The van der Waals surface area contributed by atoms with Gasteiger partial charge in [0.05, 0.1) is 16.7 Å². The number of hydrogen-bond acceptors (Lipinski definition) is 3. The zero-order valence-electron chi connectivity index (χ0n) is 11.9. The zero-order valence-corrected chi connectivity index (χ0v) is 14.2. The minimum Gasteiger partial charge on any atom is -0.331 e. The number of rotatable bonds is 3. The molecule has 0 aliphatic carbocycles. The van der Waals surface area contributed by atoms with Crippen molar-refractivity contribution >= 4 is 33.4 Å². The highest BCUT2D eigenvalue weighted by Gasteiger charge is 2.28. The van der Waals surface area contributed by atoms with Gasteiger partial charge in [0.15, 0.2) is 0 Å². The summed E-state index contributed by atoms with van der Waals surface area (Å²) in [6.45, 7) is 2.45. The van der Waals surface area contributed by atoms with Crippen molar-refractivity contribution in [3.05, 3.63) is 51.7 Å². The molecule has 1 aliphatic heterocycles. The summed E-state index contributed by atoms with van der Waals surface area (Å²) >= 11 is 9.42. The maximum absolute atomic E-state index is 12.6. The summed E-state index contributed by atoms with van der Waals surface area (Å²) in [7, 11) is 0. The molecule has 3 rings (SSSR count). The van der Waals surface area contributed by atoms with Gasteiger partial charge in [-0.3, -0.25) is 9.48 Å². The molecule has 1 atom stereocenters. The summed E-state index contributed by atoms with van der Waals surface area (Å²) in [4.78, 5) is 14.5. The molecule has 1 aromatic carbocycles. The number of benzene rings is 1. The highest BCUT2D eigenvalue weighted by Crippen LogP contribution is 2.25. The van der Waals surface area contributed by atoms with Gasteiger partial charge in [-0.05, 0) is 33.6 Å². The summed E-state index contributed by atoms with van der Waals surface area (Å²) < 4.78 is 2.51. The molecule has 1 saturated heterocycles. The molecule has 1 unspecified atom stereocenters. The Morgan fingerprint density at radius 3 is 3.09 bits per heavy atom. The first-order valence-electron chi connectivity index (χ1n) is 7.07. The molecule has 2 heterocycles. The minimum atomic E-state index is -0.000970. The molecule has 1 N–H and O–H groups in total. The van der Waals surface area contributed by atoms with Crippen LogP contribution >= 0.6 is 27.5 Å². The minimum absolute atomic E-state index is 0.000970. The van der Waals surface area contributed by atoms with Crippen LogP contribution in [0.25, 0.3) is 0 Å². The van der Waals surface area contributed by atoms with Crippen molar-refractivity contribution < 1.29 is 4.79 Å². The quantitative estimate of drug-likeness (QED) is 0.886. The van der Waals surface area contributed by atoms with Gasteiger partial charge in [0.25, 0.3) is 0 Å². The molecule has 1 aromatic heterocycles. The average Bonchev–Trinajstić information content (AvgIpc) is 2.92. The normalized spacial score (nSPS) is 18.5. The van der Waals surface area contributed by atoms with Crippen LogP contribution < -0.4 is 5.32 Å². The molecule has 1 aliphatic rings. The van der Waals surface area contributed by atoms with E-state index in [2.05, 4.69) is 26.3 Å². The van der Waals surface area contributed by atoms with E-state index in [0.29, 0.717) is 11.6 Å². The number of nitrogens with zero attached hydrogens (tertiary/aromatic N) is 3. The van der Waals surface area contributed by atoms with E-state index in [1.165, 1.54) is 0 Å². The molecule has 1 amide bonds. The number of carbonyl (C=O) groups is 1. The van der Waals surface area contributed by atoms with Crippen LogP contribution in [-0.2, 0) is 11.3 Å². The Hall–Kier alpha value is -1.37. The van der Waals surface area contributed by atoms with Gasteiger partial charge in [0.1, 0.15) is 6.54 Å². The van der Waals surface area contributed by atoms with Crippen molar-refractivity contribution in [2.24, 2.45) is 0 Å². The van der Waals surface area contributed by atoms with E-state index in [1.807, 2.05) is 29.2 Å². The van der Waals surface area contributed by atoms with Crippen molar-refractivity contribution in [2.45, 2.75) is 12.6 Å². The Morgan fingerprint density at radius 1 is 1.50 bits per heavy atom. The third-order valence-electron chi connectivity index (χ3n) is 3.70. The van der Waals surface area contributed by atoms with Crippen LogP contribution in [0.1, 0.15) is 11.6 Å². The largest absolute Gasteiger partial charge is 0.331 e. The molecular formula is C15H16BrClN4O. The molecule has 116 valence electrons. The topological polar surface area (TPSA) is 50.2 Å². The van der Waals surface area contributed by atoms with Crippen LogP contribution in [0, 0.1) is 0 Å². The second-order valence-electron chi connectivity index (χ2n) is 5.22. The molecule has 1 fully saturated rings. The Kier molecular flexibility index (Phi) is 4.81. The first-order chi connectivity index (χ1) is 10.6. The smallest absolute Gasteiger partial charge is 0.244 e. The lowest BCUT2D eigenvalue weighted by Gasteiger charge is -2.36. The number of piperazine rings is 1. The van der Waals surface area contributed by atoms with Crippen molar-refractivity contribution in [2.75, 3.05) is 19.6 Å². The van der Waals surface area contributed by atoms with E-state index in [9.17, 15) is 4.79 Å². The standard InChI is InChI=1S/C15H16BrClN4O/c16-12-7-19-20(9-12)10-15(22)21-5-4-18-8-14(21)11-2-1-3-13(17)6-11/h1-3,6-7,9,14,18H,4-5,8,10H2. The lowest BCUT2D eigenvalue weighted by atomic mass is 10.0. The molecule has 0 bridgehead atoms. The van der Waals surface area contributed by atoms with E-state index >= 15 is 0 Å². The summed E-state index contributed by atoms with van der Waals surface area (Å²) in [5.41, 5.74) is 1.05. The fourth-order valence-electron chi connectivity index (χ4n) is 2.67. The second kappa shape index (κ2) is 6.81. The third-order valence-corrected chi connectivity index (χ3v) is 4.34. The second-order valence-corrected chi connectivity index (χ2v) is 6.57. The number of hydrogen-bond donors (Lipinski definition) is 1. The van der Waals surface area contributed by atoms with Crippen molar-refractivity contribution in [3.8, 4) is 0 Å². The maximum Gasteiger partial charge on any atom is 0.244 e. The summed E-state index contributed by atoms with van der Waals surface area (Å²) in [5.74, 6) is 0.0575. The predicted molar refractivity (Wildman–Crippen MR) is 88.7 cm³/mol. The highest BCUT2D eigenvalue weighted by atomic mass is 79.9. The van der Waals surface area contributed by atoms with Gasteiger partial charge in [-0.1, -0.05) is 23.7 Å². The fraction of sp³-hybridized carbons (Fsp3) is 0.333. The Labute approximate surface area is 142 Å². The van der Waals surface area contributed by atoms with Crippen LogP contribution in [0.2, 0.25) is 5.02 Å². The molecule has 5 nitrogen and oxygen atoms in total. The number of amides is 1. The molecular weight excluding hydrogens is 368 g/mol. The Balaban J connectivity index is 1.78. The predicted octanol–water partition coefficient (Wildman–Crippen LogP) is 2.47. The Morgan fingerprint density at radius 2 is 2.36 bits per heavy atom. The van der Waals surface area contributed by atoms with Gasteiger partial charge in [-0.25, -0.2) is 0 Å². The van der Waals surface area contributed by atoms with E-state index < -0.39 is 0 Å². The van der Waals surface area contributed by atoms with Gasteiger partial charge in [-0.15, -0.1) is 0 Å². The SMILES string of the molecule is O=C(Cn1cc(Br)cn1)N1CCNCC1c1cccc(Cl)c1. The number of aromatic nitrogens is 2. The van der Waals surface area contributed by atoms with E-state index in [4.69, 9.17) is 11.6 Å². The Bertz CT molecular complexity index is 675. The zero-order chi connectivity index (χ0) is 15.5. The third kappa shape index (κ3) is 3.51. The van der Waals surface area contributed by atoms with Crippen LogP contribution in [0.4, 0.5) is 0 Å². The number of halogens is 2. The van der Waals surface area contributed by atoms with Gasteiger partial charge < -0.3 is 10.2 Å². The number of carbonyl (C=O) groups excluding carboxylic acids is 1. The molecule has 7 heteroatoms. The molecule has 0 saturated carbocycles. The van der Waals surface area contributed by atoms with E-state index in [0.717, 1.165) is 23.1 Å². The first kappa shape index (κ1) is 15.5. The van der Waals surface area contributed by atoms with Gasteiger partial charge in [0, 0.05) is 30.9 Å². The average molecular weight is 384 g/mol. The molecule has 0 radical (unpaired) electrons. The van der Waals surface area contributed by atoms with Crippen LogP contribution in [-0.4, -0.2) is 40.2 Å². The number of nitrogens with one attached hydrogen (secondary N) is 1. The molecule has 0 spiro atoms. The summed E-state index contributed by atoms with van der Waals surface area (Å²) in [5, 5.41) is 8.17. The van der Waals surface area contributed by atoms with Crippen LogP contribution in [0.3, 0.4) is 0 Å². The molecule has 2 aromatic rings. The van der Waals surface area contributed by atoms with Crippen molar-refractivity contribution in [1.82, 2.24) is 20.0 Å². The van der Waals surface area contributed by atoms with E-state index in [1.54, 1.807) is 17.1 Å².